The largest absolute Gasteiger partial charge is 0.361 e. The van der Waals surface area contributed by atoms with Gasteiger partial charge < -0.3 is 4.74 Å². The van der Waals surface area contributed by atoms with Crippen LogP contribution in [0.15, 0.2) is 46.6 Å². The maximum Gasteiger partial charge on any atom is 0.175 e. The highest BCUT2D eigenvalue weighted by Crippen LogP contribution is 2.25. The van der Waals surface area contributed by atoms with Gasteiger partial charge in [-0.25, -0.2) is 4.98 Å². The van der Waals surface area contributed by atoms with Crippen LogP contribution in [0.5, 0.6) is 0 Å². The van der Waals surface area contributed by atoms with Crippen molar-refractivity contribution >= 4 is 11.8 Å². The van der Waals surface area contributed by atoms with Crippen molar-refractivity contribution < 1.29 is 4.74 Å². The Morgan fingerprint density at radius 2 is 2.19 bits per heavy atom. The van der Waals surface area contributed by atoms with E-state index < -0.39 is 0 Å². The molecule has 0 aliphatic rings. The van der Waals surface area contributed by atoms with Crippen LogP contribution in [-0.4, -0.2) is 16.2 Å². The van der Waals surface area contributed by atoms with Gasteiger partial charge in [0.1, 0.15) is 6.73 Å². The van der Waals surface area contributed by atoms with E-state index in [0.717, 1.165) is 5.16 Å². The zero-order valence-electron chi connectivity index (χ0n) is 9.09. The first-order chi connectivity index (χ1) is 7.90. The number of hydrogen-bond acceptors (Lipinski definition) is 3. The van der Waals surface area contributed by atoms with Gasteiger partial charge in [0.25, 0.3) is 0 Å². The van der Waals surface area contributed by atoms with Crippen molar-refractivity contribution in [1.82, 2.24) is 9.55 Å². The number of benzene rings is 1. The Hall–Kier alpha value is -1.26. The molecule has 0 N–H and O–H groups in total. The number of nitrogens with zero attached hydrogens (tertiary/aromatic N) is 2. The molecule has 0 fully saturated rings. The van der Waals surface area contributed by atoms with Crippen LogP contribution in [0.3, 0.4) is 0 Å². The summed E-state index contributed by atoms with van der Waals surface area (Å²) in [6.07, 6.45) is 4.69. The summed E-state index contributed by atoms with van der Waals surface area (Å²) in [5.41, 5.74) is 0. The molecule has 0 aliphatic heterocycles. The van der Waals surface area contributed by atoms with Crippen molar-refractivity contribution in [2.45, 2.75) is 23.7 Å². The Kier molecular flexibility index (Phi) is 4.02. The topological polar surface area (TPSA) is 27.1 Å². The molecular weight excluding hydrogens is 220 g/mol. The van der Waals surface area contributed by atoms with E-state index in [0.29, 0.717) is 13.3 Å². The molecule has 0 atom stereocenters. The van der Waals surface area contributed by atoms with Crippen LogP contribution >= 0.6 is 11.8 Å². The first kappa shape index (κ1) is 11.2. The molecule has 0 saturated heterocycles. The van der Waals surface area contributed by atoms with E-state index in [4.69, 9.17) is 4.74 Å². The molecule has 0 amide bonds. The first-order valence-corrected chi connectivity index (χ1v) is 5.95. The molecule has 1 aromatic heterocycles. The quantitative estimate of drug-likeness (QED) is 0.794. The first-order valence-electron chi connectivity index (χ1n) is 5.14. The molecule has 0 aliphatic carbocycles. The van der Waals surface area contributed by atoms with Crippen molar-refractivity contribution in [3.8, 4) is 0 Å². The highest BCUT2D eigenvalue weighted by Gasteiger charge is 2.04. The molecule has 4 heteroatoms. The normalized spacial score (nSPS) is 10.6. The molecule has 16 heavy (non-hydrogen) atoms. The molecule has 0 unspecified atom stereocenters. The van der Waals surface area contributed by atoms with Gasteiger partial charge in [0.05, 0.1) is 12.4 Å². The van der Waals surface area contributed by atoms with Gasteiger partial charge in [0.2, 0.25) is 0 Å². The molecule has 0 bridgehead atoms. The van der Waals surface area contributed by atoms with Gasteiger partial charge in [-0.2, -0.15) is 0 Å². The summed E-state index contributed by atoms with van der Waals surface area (Å²) in [4.78, 5) is 5.42. The maximum atomic E-state index is 5.33. The minimum atomic E-state index is 0.506. The molecular formula is C12H13N2OS. The minimum Gasteiger partial charge on any atom is -0.361 e. The van der Waals surface area contributed by atoms with Gasteiger partial charge in [0.15, 0.2) is 5.16 Å². The maximum absolute atomic E-state index is 5.33. The van der Waals surface area contributed by atoms with E-state index in [1.54, 1.807) is 18.0 Å². The third-order valence-electron chi connectivity index (χ3n) is 2.00. The second-order valence-electron chi connectivity index (χ2n) is 3.13. The lowest BCUT2D eigenvalue weighted by atomic mass is 10.4. The average molecular weight is 233 g/mol. The molecule has 3 nitrogen and oxygen atoms in total. The third-order valence-corrected chi connectivity index (χ3v) is 3.01. The molecule has 0 spiro atoms. The molecule has 1 aromatic carbocycles. The number of aromatic nitrogens is 2. The van der Waals surface area contributed by atoms with Gasteiger partial charge in [-0.1, -0.05) is 30.0 Å². The van der Waals surface area contributed by atoms with E-state index in [9.17, 15) is 0 Å². The lowest BCUT2D eigenvalue weighted by Crippen LogP contribution is -2.02. The summed E-state index contributed by atoms with van der Waals surface area (Å²) in [6, 6.07) is 10.2. The predicted molar refractivity (Wildman–Crippen MR) is 63.3 cm³/mol. The van der Waals surface area contributed by atoms with Gasteiger partial charge in [-0.15, -0.1) is 0 Å². The predicted octanol–water partition coefficient (Wildman–Crippen LogP) is 2.83. The lowest BCUT2D eigenvalue weighted by Gasteiger charge is -2.06. The fourth-order valence-corrected chi connectivity index (χ4v) is 2.05. The zero-order valence-corrected chi connectivity index (χ0v) is 9.91. The SMILES string of the molecule is CCOCn1[c]cnc1Sc1ccccc1. The van der Waals surface area contributed by atoms with Crippen LogP contribution in [0.1, 0.15) is 6.92 Å². The summed E-state index contributed by atoms with van der Waals surface area (Å²) in [5, 5.41) is 0.902. The molecule has 2 rings (SSSR count). The Labute approximate surface area is 99.5 Å². The molecule has 1 radical (unpaired) electrons. The van der Waals surface area contributed by atoms with Crippen molar-refractivity contribution in [2.75, 3.05) is 6.61 Å². The fourth-order valence-electron chi connectivity index (χ4n) is 1.23. The van der Waals surface area contributed by atoms with Crippen LogP contribution in [0.4, 0.5) is 0 Å². The summed E-state index contributed by atoms with van der Waals surface area (Å²) in [7, 11) is 0. The molecule has 2 aromatic rings. The standard InChI is InChI=1S/C12H13N2OS/c1-2-15-10-14-9-8-13-12(14)16-11-6-4-3-5-7-11/h3-8H,2,10H2,1H3. The van der Waals surface area contributed by atoms with Crippen LogP contribution < -0.4 is 0 Å². The second-order valence-corrected chi connectivity index (χ2v) is 4.18. The summed E-state index contributed by atoms with van der Waals surface area (Å²) in [5.74, 6) is 0. The van der Waals surface area contributed by atoms with Gasteiger partial charge in [-0.05, 0) is 19.1 Å². The summed E-state index contributed by atoms with van der Waals surface area (Å²) in [6.45, 7) is 3.17. The van der Waals surface area contributed by atoms with Crippen molar-refractivity contribution in [3.05, 3.63) is 42.7 Å². The second kappa shape index (κ2) is 5.72. The summed E-state index contributed by atoms with van der Waals surface area (Å²) < 4.78 is 7.21. The van der Waals surface area contributed by atoms with Crippen LogP contribution in [0, 0.1) is 6.20 Å². The van der Waals surface area contributed by atoms with E-state index in [1.807, 2.05) is 29.7 Å². The third kappa shape index (κ3) is 2.87. The fraction of sp³-hybridized carbons (Fsp3) is 0.250. The van der Waals surface area contributed by atoms with Crippen molar-refractivity contribution in [3.63, 3.8) is 0 Å². The Morgan fingerprint density at radius 3 is 2.94 bits per heavy atom. The minimum absolute atomic E-state index is 0.506. The van der Waals surface area contributed by atoms with Crippen LogP contribution in [0.25, 0.3) is 0 Å². The van der Waals surface area contributed by atoms with E-state index in [2.05, 4.69) is 23.3 Å². The molecule has 83 valence electrons. The Bertz CT molecular complexity index is 428. The number of rotatable bonds is 5. The highest BCUT2D eigenvalue weighted by molar-refractivity contribution is 7.99. The number of hydrogen-bond donors (Lipinski definition) is 0. The Balaban J connectivity index is 2.07. The number of imidazole rings is 1. The zero-order chi connectivity index (χ0) is 11.2. The van der Waals surface area contributed by atoms with Gasteiger partial charge in [0, 0.05) is 11.5 Å². The average Bonchev–Trinajstić information content (AvgIpc) is 2.75. The van der Waals surface area contributed by atoms with Crippen molar-refractivity contribution in [2.24, 2.45) is 0 Å². The van der Waals surface area contributed by atoms with Crippen LogP contribution in [0.2, 0.25) is 0 Å². The van der Waals surface area contributed by atoms with Gasteiger partial charge in [-0.3, -0.25) is 4.57 Å². The van der Waals surface area contributed by atoms with Crippen LogP contribution in [-0.2, 0) is 11.5 Å². The summed E-state index contributed by atoms with van der Waals surface area (Å²) >= 11 is 1.61. The molecule has 0 saturated carbocycles. The van der Waals surface area contributed by atoms with E-state index in [1.165, 1.54) is 4.90 Å². The number of ether oxygens (including phenoxy) is 1. The van der Waals surface area contributed by atoms with E-state index >= 15 is 0 Å². The molecule has 1 heterocycles. The monoisotopic (exact) mass is 233 g/mol. The smallest absolute Gasteiger partial charge is 0.175 e. The lowest BCUT2D eigenvalue weighted by molar-refractivity contribution is 0.0814. The van der Waals surface area contributed by atoms with Gasteiger partial charge >= 0.3 is 0 Å². The van der Waals surface area contributed by atoms with Crippen molar-refractivity contribution in [1.29, 1.82) is 0 Å². The van der Waals surface area contributed by atoms with E-state index in [-0.39, 0.29) is 0 Å². The highest BCUT2D eigenvalue weighted by atomic mass is 32.2. The Morgan fingerprint density at radius 1 is 1.38 bits per heavy atom.